The SMILES string of the molecule is C[C-](C)CCC(C)(C)C.[CH-]=O.[CH-]=O.[CH-]=O.[Ru+4]. The molecule has 0 heterocycles. The van der Waals surface area contributed by atoms with Crippen molar-refractivity contribution in [3.63, 3.8) is 0 Å². The van der Waals surface area contributed by atoms with Gasteiger partial charge in [0, 0.05) is 0 Å². The molecule has 0 aromatic rings. The van der Waals surface area contributed by atoms with Crippen molar-refractivity contribution in [1.29, 1.82) is 0 Å². The fourth-order valence-corrected chi connectivity index (χ4v) is 0.625. The van der Waals surface area contributed by atoms with Crippen LogP contribution in [0, 0.1) is 11.3 Å². The van der Waals surface area contributed by atoms with E-state index >= 15 is 0 Å². The average molecular weight is 315 g/mol. The van der Waals surface area contributed by atoms with Gasteiger partial charge in [-0.1, -0.05) is 27.2 Å². The molecule has 0 saturated heterocycles. The molecule has 16 heavy (non-hydrogen) atoms. The molecule has 0 N–H and O–H groups in total. The van der Waals surface area contributed by atoms with Gasteiger partial charge >= 0.3 is 19.5 Å². The zero-order valence-corrected chi connectivity index (χ0v) is 12.5. The maximum Gasteiger partial charge on any atom is 4.00 e. The van der Waals surface area contributed by atoms with Crippen LogP contribution in [-0.2, 0) is 33.9 Å². The van der Waals surface area contributed by atoms with Gasteiger partial charge in [-0.2, -0.15) is 20.3 Å². The first-order valence-electron chi connectivity index (χ1n) is 4.41. The molecule has 0 unspecified atom stereocenters. The Morgan fingerprint density at radius 3 is 1.19 bits per heavy atom. The summed E-state index contributed by atoms with van der Waals surface area (Å²) in [4.78, 5) is 23.2. The monoisotopic (exact) mass is 316 g/mol. The minimum Gasteiger partial charge on any atom is -0.545 e. The molecule has 0 aliphatic carbocycles. The van der Waals surface area contributed by atoms with Crippen molar-refractivity contribution in [2.75, 3.05) is 0 Å². The molecule has 0 saturated carbocycles. The van der Waals surface area contributed by atoms with Crippen LogP contribution in [0.15, 0.2) is 0 Å². The summed E-state index contributed by atoms with van der Waals surface area (Å²) in [6, 6.07) is 0. The van der Waals surface area contributed by atoms with E-state index in [2.05, 4.69) is 55.0 Å². The van der Waals surface area contributed by atoms with Crippen molar-refractivity contribution < 1.29 is 33.9 Å². The van der Waals surface area contributed by atoms with Gasteiger partial charge in [-0.05, 0) is 5.41 Å². The summed E-state index contributed by atoms with van der Waals surface area (Å²) < 4.78 is 0. The summed E-state index contributed by atoms with van der Waals surface area (Å²) in [5.74, 6) is 1.55. The van der Waals surface area contributed by atoms with E-state index < -0.39 is 0 Å². The molecule has 0 atom stereocenters. The molecule has 0 aromatic heterocycles. The number of rotatable bonds is 2. The van der Waals surface area contributed by atoms with Crippen molar-refractivity contribution >= 4 is 20.4 Å². The molecule has 0 aliphatic rings. The second-order valence-electron chi connectivity index (χ2n) is 4.27. The van der Waals surface area contributed by atoms with Gasteiger partial charge in [0.2, 0.25) is 0 Å². The third-order valence-corrected chi connectivity index (χ3v) is 1.37. The summed E-state index contributed by atoms with van der Waals surface area (Å²) in [6.07, 6.45) is 2.60. The summed E-state index contributed by atoms with van der Waals surface area (Å²) in [6.45, 7) is 21.0. The van der Waals surface area contributed by atoms with Crippen molar-refractivity contribution in [1.82, 2.24) is 0 Å². The summed E-state index contributed by atoms with van der Waals surface area (Å²) >= 11 is 0. The van der Waals surface area contributed by atoms with Crippen LogP contribution in [0.25, 0.3) is 0 Å². The second kappa shape index (κ2) is 24.1. The third-order valence-electron chi connectivity index (χ3n) is 1.37. The van der Waals surface area contributed by atoms with Gasteiger partial charge in [-0.3, -0.25) is 20.4 Å². The van der Waals surface area contributed by atoms with Crippen LogP contribution in [0.3, 0.4) is 0 Å². The maximum atomic E-state index is 7.75. The zero-order chi connectivity index (χ0) is 13.5. The minimum atomic E-state index is 0. The Hall–Kier alpha value is -0.367. The molecule has 0 bridgehead atoms. The van der Waals surface area contributed by atoms with Gasteiger partial charge in [0.05, 0.1) is 0 Å². The Kier molecular flexibility index (Phi) is 44.5. The van der Waals surface area contributed by atoms with Crippen LogP contribution in [0.5, 0.6) is 0 Å². The first kappa shape index (κ1) is 29.6. The standard InChI is InChI=1S/C9H19.3CHO.Ru/c1-8(2)6-7-9(3,4)5;3*1-2;/h6-7H2,1-5H3;3*1H;/q4*-1;+4. The van der Waals surface area contributed by atoms with Gasteiger partial charge < -0.3 is 20.3 Å². The van der Waals surface area contributed by atoms with E-state index in [1.165, 1.54) is 12.8 Å². The molecule has 0 spiro atoms. The first-order chi connectivity index (χ1) is 6.92. The Morgan fingerprint density at radius 1 is 0.875 bits per heavy atom. The van der Waals surface area contributed by atoms with E-state index in [1.54, 1.807) is 5.92 Å². The van der Waals surface area contributed by atoms with Crippen molar-refractivity contribution in [3.8, 4) is 0 Å². The molecule has 0 amide bonds. The first-order valence-corrected chi connectivity index (χ1v) is 4.41. The van der Waals surface area contributed by atoms with Gasteiger partial charge in [0.25, 0.3) is 0 Å². The van der Waals surface area contributed by atoms with Crippen LogP contribution in [0.2, 0.25) is 0 Å². The van der Waals surface area contributed by atoms with Crippen molar-refractivity contribution in [2.45, 2.75) is 47.5 Å². The molecule has 0 rings (SSSR count). The molecule has 4 heteroatoms. The van der Waals surface area contributed by atoms with E-state index in [4.69, 9.17) is 14.4 Å². The van der Waals surface area contributed by atoms with E-state index in [0.29, 0.717) is 5.41 Å². The maximum absolute atomic E-state index is 7.75. The molecule has 0 fully saturated rings. The summed E-state index contributed by atoms with van der Waals surface area (Å²) in [5.41, 5.74) is 0.511. The van der Waals surface area contributed by atoms with Gasteiger partial charge in [0.1, 0.15) is 0 Å². The zero-order valence-electron chi connectivity index (χ0n) is 10.7. The third kappa shape index (κ3) is 68.6. The Bertz CT molecular complexity index is 107. The van der Waals surface area contributed by atoms with Crippen LogP contribution in [0.4, 0.5) is 0 Å². The fraction of sp³-hybridized carbons (Fsp3) is 0.667. The van der Waals surface area contributed by atoms with E-state index in [-0.39, 0.29) is 19.5 Å². The average Bonchev–Trinajstić information content (AvgIpc) is 2.23. The Balaban J connectivity index is -0.0000000498. The smallest absolute Gasteiger partial charge is 0.545 e. The van der Waals surface area contributed by atoms with Gasteiger partial charge in [-0.15, -0.1) is 0 Å². The molecule has 0 radical (unpaired) electrons. The molecular formula is C12H22O3Ru. The molecule has 96 valence electrons. The Labute approximate surface area is 113 Å². The Morgan fingerprint density at radius 2 is 1.12 bits per heavy atom. The predicted octanol–water partition coefficient (Wildman–Crippen LogP) is 2.60. The molecular weight excluding hydrogens is 293 g/mol. The van der Waals surface area contributed by atoms with Crippen LogP contribution < -0.4 is 0 Å². The topological polar surface area (TPSA) is 51.2 Å². The van der Waals surface area contributed by atoms with Crippen molar-refractivity contribution in [3.05, 3.63) is 5.92 Å². The largest absolute Gasteiger partial charge is 4.00 e. The number of carbonyl (C=O) groups excluding carboxylic acids is 3. The number of hydrogen-bond acceptors (Lipinski definition) is 3. The summed E-state index contributed by atoms with van der Waals surface area (Å²) in [5, 5.41) is 0. The normalized spacial score (nSPS) is 7.88. The van der Waals surface area contributed by atoms with E-state index in [0.717, 1.165) is 0 Å². The van der Waals surface area contributed by atoms with Crippen LogP contribution >= 0.6 is 0 Å². The van der Waals surface area contributed by atoms with E-state index in [1.807, 2.05) is 0 Å². The fourth-order valence-electron chi connectivity index (χ4n) is 0.625. The second-order valence-corrected chi connectivity index (χ2v) is 4.27. The number of hydrogen-bond donors (Lipinski definition) is 0. The minimum absolute atomic E-state index is 0. The van der Waals surface area contributed by atoms with Gasteiger partial charge in [0.15, 0.2) is 0 Å². The summed E-state index contributed by atoms with van der Waals surface area (Å²) in [7, 11) is 0. The molecule has 0 aliphatic heterocycles. The van der Waals surface area contributed by atoms with Crippen LogP contribution in [-0.4, -0.2) is 20.4 Å². The van der Waals surface area contributed by atoms with Crippen molar-refractivity contribution in [2.24, 2.45) is 5.41 Å². The quantitative estimate of drug-likeness (QED) is 0.447. The predicted molar refractivity (Wildman–Crippen MR) is 63.5 cm³/mol. The molecule has 0 aromatic carbocycles. The molecule has 3 nitrogen and oxygen atoms in total. The van der Waals surface area contributed by atoms with Crippen LogP contribution in [0.1, 0.15) is 47.5 Å². The van der Waals surface area contributed by atoms with Gasteiger partial charge in [-0.25, -0.2) is 0 Å². The van der Waals surface area contributed by atoms with E-state index in [9.17, 15) is 0 Å².